The van der Waals surface area contributed by atoms with Gasteiger partial charge < -0.3 is 37.0 Å². The molecule has 1 heterocycles. The Kier molecular flexibility index (Phi) is 25.5. The maximum atomic E-state index is 12.5. The van der Waals surface area contributed by atoms with Crippen molar-refractivity contribution >= 4 is 35.9 Å². The molecule has 2 aliphatic rings. The van der Waals surface area contributed by atoms with Crippen molar-refractivity contribution in [3.63, 3.8) is 0 Å². The van der Waals surface area contributed by atoms with Crippen molar-refractivity contribution in [1.82, 2.24) is 15.5 Å². The minimum absolute atomic E-state index is 0.104. The number of aliphatic carboxylic acids is 3. The number of hydrogen-bond donors (Lipinski definition) is 7. The Balaban J connectivity index is 0. The Hall–Kier alpha value is -4.21. The summed E-state index contributed by atoms with van der Waals surface area (Å²) in [7, 11) is 0. The van der Waals surface area contributed by atoms with E-state index in [0.717, 1.165) is 64.2 Å². The molecule has 0 bridgehead atoms. The summed E-state index contributed by atoms with van der Waals surface area (Å²) in [5.41, 5.74) is 11.7. The van der Waals surface area contributed by atoms with E-state index in [0.29, 0.717) is 12.5 Å². The van der Waals surface area contributed by atoms with Crippen LogP contribution in [0.1, 0.15) is 89.9 Å². The number of rotatable bonds is 11. The van der Waals surface area contributed by atoms with E-state index in [4.69, 9.17) is 41.2 Å². The maximum Gasteiger partial charge on any atom is 0.490 e. The van der Waals surface area contributed by atoms with Crippen LogP contribution in [0.5, 0.6) is 0 Å². The zero-order valence-electron chi connectivity index (χ0n) is 28.4. The highest BCUT2D eigenvalue weighted by Gasteiger charge is 2.39. The van der Waals surface area contributed by atoms with E-state index in [2.05, 4.69) is 20.6 Å². The van der Waals surface area contributed by atoms with E-state index in [1.165, 1.54) is 57.8 Å². The summed E-state index contributed by atoms with van der Waals surface area (Å²) in [5, 5.41) is 27.3. The molecule has 304 valence electrons. The SMILES string of the molecule is NC(=NCC1CC1)NCCCCCCCCN1CCCCCCCCN=C(N)NC1=O.O=C(O)C(F)(F)F.O=C(O)C(F)(F)F.O=C(O)C(F)(F)F. The van der Waals surface area contributed by atoms with Crippen LogP contribution >= 0.6 is 0 Å². The van der Waals surface area contributed by atoms with Crippen LogP contribution in [-0.2, 0) is 14.4 Å². The number of amides is 2. The van der Waals surface area contributed by atoms with E-state index in [9.17, 15) is 44.3 Å². The van der Waals surface area contributed by atoms with Gasteiger partial charge in [0.1, 0.15) is 0 Å². The minimum Gasteiger partial charge on any atom is -0.475 e. The number of unbranched alkanes of at least 4 members (excludes halogenated alkanes) is 5. The van der Waals surface area contributed by atoms with Crippen LogP contribution in [-0.4, -0.2) is 107 Å². The first kappa shape index (κ1) is 49.9. The van der Waals surface area contributed by atoms with E-state index >= 15 is 0 Å². The van der Waals surface area contributed by atoms with Gasteiger partial charge in [-0.1, -0.05) is 51.4 Å². The molecule has 0 spiro atoms. The van der Waals surface area contributed by atoms with Crippen molar-refractivity contribution < 1.29 is 74.0 Å². The lowest BCUT2D eigenvalue weighted by Gasteiger charge is -2.23. The number of carbonyl (C=O) groups is 4. The first-order valence-corrected chi connectivity index (χ1v) is 16.3. The second kappa shape index (κ2) is 26.5. The highest BCUT2D eigenvalue weighted by atomic mass is 19.4. The number of carbonyl (C=O) groups excluding carboxylic acids is 1. The van der Waals surface area contributed by atoms with Gasteiger partial charge in [-0.2, -0.15) is 39.5 Å². The molecule has 1 saturated carbocycles. The molecule has 0 saturated heterocycles. The van der Waals surface area contributed by atoms with Gasteiger partial charge >= 0.3 is 42.5 Å². The molecule has 1 fully saturated rings. The lowest BCUT2D eigenvalue weighted by molar-refractivity contribution is -0.193. The molecule has 14 nitrogen and oxygen atoms in total. The molecular formula is C29H48F9N7O7. The molecule has 0 unspecified atom stereocenters. The molecule has 0 aromatic rings. The number of aliphatic imine (C=N–C) groups is 2. The molecular weight excluding hydrogens is 729 g/mol. The summed E-state index contributed by atoms with van der Waals surface area (Å²) >= 11 is 0. The molecule has 9 N–H and O–H groups in total. The summed E-state index contributed by atoms with van der Waals surface area (Å²) in [6, 6.07) is -0.104. The van der Waals surface area contributed by atoms with Crippen molar-refractivity contribution in [2.75, 3.05) is 32.7 Å². The normalized spacial score (nSPS) is 16.2. The number of alkyl halides is 9. The quantitative estimate of drug-likeness (QED) is 0.0625. The second-order valence-corrected chi connectivity index (χ2v) is 11.4. The number of carboxylic acid groups (broad SMARTS) is 3. The first-order valence-electron chi connectivity index (χ1n) is 16.3. The zero-order valence-corrected chi connectivity index (χ0v) is 28.4. The van der Waals surface area contributed by atoms with Crippen LogP contribution in [0.2, 0.25) is 0 Å². The summed E-state index contributed by atoms with van der Waals surface area (Å²) in [5.74, 6) is -6.64. The Morgan fingerprint density at radius 1 is 0.769 bits per heavy atom. The van der Waals surface area contributed by atoms with Gasteiger partial charge in [-0.3, -0.25) is 15.3 Å². The average Bonchev–Trinajstić information content (AvgIpc) is 3.85. The van der Waals surface area contributed by atoms with Gasteiger partial charge in [0, 0.05) is 32.7 Å². The van der Waals surface area contributed by atoms with Crippen molar-refractivity contribution in [2.45, 2.75) is 108 Å². The molecule has 0 radical (unpaired) electrons. The molecule has 0 aromatic heterocycles. The highest BCUT2D eigenvalue weighted by Crippen LogP contribution is 2.28. The summed E-state index contributed by atoms with van der Waals surface area (Å²) in [4.78, 5) is 49.8. The third-order valence-corrected chi connectivity index (χ3v) is 6.75. The predicted octanol–water partition coefficient (Wildman–Crippen LogP) is 5.22. The van der Waals surface area contributed by atoms with Gasteiger partial charge in [0.2, 0.25) is 0 Å². The molecule has 0 aromatic carbocycles. The Bertz CT molecular complexity index is 1060. The molecule has 1 aliphatic carbocycles. The summed E-state index contributed by atoms with van der Waals surface area (Å²) < 4.78 is 95.2. The van der Waals surface area contributed by atoms with Gasteiger partial charge in [-0.05, 0) is 44.4 Å². The van der Waals surface area contributed by atoms with Gasteiger partial charge in [-0.25, -0.2) is 19.2 Å². The third-order valence-electron chi connectivity index (χ3n) is 6.75. The van der Waals surface area contributed by atoms with Crippen molar-refractivity contribution in [2.24, 2.45) is 27.4 Å². The van der Waals surface area contributed by atoms with Crippen LogP contribution in [0.15, 0.2) is 9.98 Å². The monoisotopic (exact) mass is 777 g/mol. The lowest BCUT2D eigenvalue weighted by Crippen LogP contribution is -2.46. The Labute approximate surface area is 294 Å². The van der Waals surface area contributed by atoms with Crippen LogP contribution in [0.25, 0.3) is 0 Å². The second-order valence-electron chi connectivity index (χ2n) is 11.4. The summed E-state index contributed by atoms with van der Waals surface area (Å²) in [6.07, 6.45) is 1.22. The molecule has 0 atom stereocenters. The smallest absolute Gasteiger partial charge is 0.475 e. The average molecular weight is 778 g/mol. The molecule has 23 heteroatoms. The topological polar surface area (TPSA) is 233 Å². The largest absolute Gasteiger partial charge is 0.490 e. The number of hydrogen-bond acceptors (Lipinski definition) is 7. The van der Waals surface area contributed by atoms with Gasteiger partial charge in [-0.15, -0.1) is 0 Å². The third kappa shape index (κ3) is 31.7. The van der Waals surface area contributed by atoms with E-state index in [1.807, 2.05) is 4.90 Å². The fourth-order valence-electron chi connectivity index (χ4n) is 3.80. The summed E-state index contributed by atoms with van der Waals surface area (Å²) in [6.45, 7) is 4.06. The van der Waals surface area contributed by atoms with Crippen LogP contribution in [0.4, 0.5) is 44.3 Å². The number of guanidine groups is 2. The maximum absolute atomic E-state index is 12.5. The standard InChI is InChI=1S/C23H45N7O.3C2HF3O2/c24-21(28-19-20-13-14-20)26-15-9-5-1-3-7-11-17-30-18-12-8-4-2-6-10-16-27-22(25)29-23(30)31;3*3-2(4,5)1(6)7/h20H,1-19H2,(H3,24,26,28)(H3,25,27,29,31);3*(H,6,7). The van der Waals surface area contributed by atoms with Crippen LogP contribution in [0, 0.1) is 5.92 Å². The van der Waals surface area contributed by atoms with Gasteiger partial charge in [0.25, 0.3) is 0 Å². The van der Waals surface area contributed by atoms with Crippen molar-refractivity contribution in [1.29, 1.82) is 0 Å². The Morgan fingerprint density at radius 3 is 1.65 bits per heavy atom. The van der Waals surface area contributed by atoms with E-state index in [-0.39, 0.29) is 12.0 Å². The number of nitrogens with zero attached hydrogens (tertiary/aromatic N) is 3. The predicted molar refractivity (Wildman–Crippen MR) is 170 cm³/mol. The van der Waals surface area contributed by atoms with Gasteiger partial charge in [0.15, 0.2) is 11.9 Å². The van der Waals surface area contributed by atoms with Crippen LogP contribution in [0.3, 0.4) is 0 Å². The van der Waals surface area contributed by atoms with Crippen molar-refractivity contribution in [3.8, 4) is 0 Å². The zero-order chi connectivity index (χ0) is 40.4. The molecule has 52 heavy (non-hydrogen) atoms. The molecule has 2 amide bonds. The number of nitrogens with two attached hydrogens (primary N) is 2. The lowest BCUT2D eigenvalue weighted by atomic mass is 10.1. The van der Waals surface area contributed by atoms with Crippen molar-refractivity contribution in [3.05, 3.63) is 0 Å². The number of nitrogens with one attached hydrogen (secondary N) is 2. The van der Waals surface area contributed by atoms with E-state index in [1.54, 1.807) is 0 Å². The number of carboxylic acids is 3. The highest BCUT2D eigenvalue weighted by molar-refractivity contribution is 5.95. The van der Waals surface area contributed by atoms with E-state index < -0.39 is 36.4 Å². The minimum atomic E-state index is -5.08. The molecule has 2 rings (SSSR count). The number of halogens is 9. The number of urea groups is 1. The molecule has 1 aliphatic heterocycles. The van der Waals surface area contributed by atoms with Gasteiger partial charge in [0.05, 0.1) is 0 Å². The van der Waals surface area contributed by atoms with Crippen LogP contribution < -0.4 is 22.1 Å². The Morgan fingerprint density at radius 2 is 1.19 bits per heavy atom. The fourth-order valence-corrected chi connectivity index (χ4v) is 3.80. The fraction of sp³-hybridized carbons (Fsp3) is 0.793. The first-order chi connectivity index (χ1) is 24.0.